The first-order valence-corrected chi connectivity index (χ1v) is 6.24. The number of halogens is 1. The van der Waals surface area contributed by atoms with Crippen molar-refractivity contribution in [1.29, 1.82) is 0 Å². The SMILES string of the molecule is Fc1ccc2c(c1)-c1[nH]nc(-c3ccccc3)c1C2. The predicted molar refractivity (Wildman–Crippen MR) is 72.2 cm³/mol. The molecule has 3 heteroatoms. The first-order chi connectivity index (χ1) is 9.33. The van der Waals surface area contributed by atoms with Gasteiger partial charge in [0.15, 0.2) is 0 Å². The first-order valence-electron chi connectivity index (χ1n) is 6.24. The summed E-state index contributed by atoms with van der Waals surface area (Å²) in [6.45, 7) is 0. The van der Waals surface area contributed by atoms with Crippen molar-refractivity contribution in [2.75, 3.05) is 0 Å². The van der Waals surface area contributed by atoms with Crippen LogP contribution in [0, 0.1) is 5.82 Å². The van der Waals surface area contributed by atoms with Crippen LogP contribution < -0.4 is 0 Å². The van der Waals surface area contributed by atoms with E-state index in [0.717, 1.165) is 40.1 Å². The van der Waals surface area contributed by atoms with Crippen LogP contribution in [0.15, 0.2) is 48.5 Å². The van der Waals surface area contributed by atoms with E-state index in [9.17, 15) is 4.39 Å². The molecule has 0 fully saturated rings. The molecule has 0 amide bonds. The normalized spacial score (nSPS) is 12.3. The quantitative estimate of drug-likeness (QED) is 0.547. The average Bonchev–Trinajstić information content (AvgIpc) is 2.99. The van der Waals surface area contributed by atoms with Crippen LogP contribution in [0.25, 0.3) is 22.5 Å². The average molecular weight is 250 g/mol. The Balaban J connectivity index is 1.90. The van der Waals surface area contributed by atoms with Crippen LogP contribution in [0.3, 0.4) is 0 Å². The van der Waals surface area contributed by atoms with Crippen molar-refractivity contribution >= 4 is 0 Å². The third-order valence-electron chi connectivity index (χ3n) is 3.62. The second kappa shape index (κ2) is 3.79. The molecular weight excluding hydrogens is 239 g/mol. The Kier molecular flexibility index (Phi) is 2.09. The Hall–Kier alpha value is -2.42. The van der Waals surface area contributed by atoms with Crippen molar-refractivity contribution in [3.8, 4) is 22.5 Å². The first kappa shape index (κ1) is 10.5. The van der Waals surface area contributed by atoms with Crippen molar-refractivity contribution in [3.05, 3.63) is 65.5 Å². The molecule has 3 aromatic rings. The summed E-state index contributed by atoms with van der Waals surface area (Å²) < 4.78 is 13.4. The number of hydrogen-bond acceptors (Lipinski definition) is 1. The molecule has 1 N–H and O–H groups in total. The summed E-state index contributed by atoms with van der Waals surface area (Å²) in [6, 6.07) is 15.0. The summed E-state index contributed by atoms with van der Waals surface area (Å²) in [5.74, 6) is -0.206. The van der Waals surface area contributed by atoms with Gasteiger partial charge >= 0.3 is 0 Å². The van der Waals surface area contributed by atoms with Crippen molar-refractivity contribution in [2.24, 2.45) is 0 Å². The highest BCUT2D eigenvalue weighted by Gasteiger charge is 2.25. The summed E-state index contributed by atoms with van der Waals surface area (Å²) in [5.41, 5.74) is 6.26. The Labute approximate surface area is 109 Å². The van der Waals surface area contributed by atoms with Gasteiger partial charge in [-0.25, -0.2) is 4.39 Å². The van der Waals surface area contributed by atoms with Crippen LogP contribution in [-0.2, 0) is 6.42 Å². The number of benzene rings is 2. The fraction of sp³-hybridized carbons (Fsp3) is 0.0625. The molecule has 0 aliphatic heterocycles. The maximum Gasteiger partial charge on any atom is 0.123 e. The minimum Gasteiger partial charge on any atom is -0.277 e. The van der Waals surface area contributed by atoms with Gasteiger partial charge in [0.05, 0.1) is 11.4 Å². The highest BCUT2D eigenvalue weighted by Crippen LogP contribution is 2.40. The summed E-state index contributed by atoms with van der Waals surface area (Å²) in [4.78, 5) is 0. The third kappa shape index (κ3) is 1.51. The largest absolute Gasteiger partial charge is 0.277 e. The molecule has 4 rings (SSSR count). The van der Waals surface area contributed by atoms with Crippen molar-refractivity contribution in [1.82, 2.24) is 10.2 Å². The van der Waals surface area contributed by atoms with E-state index in [4.69, 9.17) is 0 Å². The maximum absolute atomic E-state index is 13.4. The van der Waals surface area contributed by atoms with E-state index < -0.39 is 0 Å². The van der Waals surface area contributed by atoms with Crippen molar-refractivity contribution in [3.63, 3.8) is 0 Å². The second-order valence-electron chi connectivity index (χ2n) is 4.77. The van der Waals surface area contributed by atoms with Crippen LogP contribution in [0.1, 0.15) is 11.1 Å². The van der Waals surface area contributed by atoms with E-state index in [1.54, 1.807) is 6.07 Å². The minimum atomic E-state index is -0.206. The predicted octanol–water partition coefficient (Wildman–Crippen LogP) is 3.79. The molecule has 0 unspecified atom stereocenters. The van der Waals surface area contributed by atoms with E-state index >= 15 is 0 Å². The molecule has 2 aromatic carbocycles. The van der Waals surface area contributed by atoms with E-state index in [1.807, 2.05) is 36.4 Å². The van der Waals surface area contributed by atoms with Gasteiger partial charge in [-0.15, -0.1) is 0 Å². The van der Waals surface area contributed by atoms with Crippen LogP contribution in [0.4, 0.5) is 4.39 Å². The number of fused-ring (bicyclic) bond motifs is 3. The van der Waals surface area contributed by atoms with Crippen LogP contribution in [0.5, 0.6) is 0 Å². The monoisotopic (exact) mass is 250 g/mol. The number of rotatable bonds is 1. The minimum absolute atomic E-state index is 0.206. The third-order valence-corrected chi connectivity index (χ3v) is 3.62. The standard InChI is InChI=1S/C16H11FN2/c17-12-7-6-11-8-14-15(10-4-2-1-3-5-10)18-19-16(14)13(11)9-12/h1-7,9H,8H2,(H,18,19). The van der Waals surface area contributed by atoms with E-state index in [1.165, 1.54) is 6.07 Å². The second-order valence-corrected chi connectivity index (χ2v) is 4.77. The smallest absolute Gasteiger partial charge is 0.123 e. The molecule has 1 aliphatic carbocycles. The molecule has 1 aromatic heterocycles. The highest BCUT2D eigenvalue weighted by atomic mass is 19.1. The van der Waals surface area contributed by atoms with Gasteiger partial charge in [-0.3, -0.25) is 5.10 Å². The number of nitrogens with one attached hydrogen (secondary N) is 1. The van der Waals surface area contributed by atoms with Gasteiger partial charge in [0.25, 0.3) is 0 Å². The summed E-state index contributed by atoms with van der Waals surface area (Å²) in [6.07, 6.45) is 0.811. The number of H-pyrrole nitrogens is 1. The number of nitrogens with zero attached hydrogens (tertiary/aromatic N) is 1. The van der Waals surface area contributed by atoms with Gasteiger partial charge in [-0.05, 0) is 17.7 Å². The fourth-order valence-electron chi connectivity index (χ4n) is 2.72. The van der Waals surface area contributed by atoms with Gasteiger partial charge in [0, 0.05) is 23.1 Å². The van der Waals surface area contributed by atoms with Crippen LogP contribution >= 0.6 is 0 Å². The van der Waals surface area contributed by atoms with Crippen molar-refractivity contribution in [2.45, 2.75) is 6.42 Å². The molecule has 92 valence electrons. The van der Waals surface area contributed by atoms with Gasteiger partial charge in [-0.2, -0.15) is 5.10 Å². The van der Waals surface area contributed by atoms with Gasteiger partial charge < -0.3 is 0 Å². The Morgan fingerprint density at radius 1 is 1.05 bits per heavy atom. The van der Waals surface area contributed by atoms with Crippen LogP contribution in [0.2, 0.25) is 0 Å². The zero-order valence-electron chi connectivity index (χ0n) is 10.2. The molecule has 0 spiro atoms. The fourth-order valence-corrected chi connectivity index (χ4v) is 2.72. The lowest BCUT2D eigenvalue weighted by Gasteiger charge is -1.99. The maximum atomic E-state index is 13.4. The Bertz CT molecular complexity index is 760. The van der Waals surface area contributed by atoms with E-state index in [0.29, 0.717) is 0 Å². The number of hydrogen-bond donors (Lipinski definition) is 1. The molecule has 0 radical (unpaired) electrons. The lowest BCUT2D eigenvalue weighted by Crippen LogP contribution is -1.87. The summed E-state index contributed by atoms with van der Waals surface area (Å²) in [5, 5.41) is 7.44. The topological polar surface area (TPSA) is 28.7 Å². The van der Waals surface area contributed by atoms with E-state index in [-0.39, 0.29) is 5.82 Å². The molecule has 1 aliphatic rings. The molecule has 0 saturated heterocycles. The lowest BCUT2D eigenvalue weighted by molar-refractivity contribution is 0.628. The zero-order chi connectivity index (χ0) is 12.8. The molecule has 0 saturated carbocycles. The highest BCUT2D eigenvalue weighted by molar-refractivity contribution is 5.80. The molecule has 0 bridgehead atoms. The molecule has 19 heavy (non-hydrogen) atoms. The number of aromatic amines is 1. The van der Waals surface area contributed by atoms with Gasteiger partial charge in [0.2, 0.25) is 0 Å². The zero-order valence-corrected chi connectivity index (χ0v) is 10.2. The van der Waals surface area contributed by atoms with Gasteiger partial charge in [-0.1, -0.05) is 36.4 Å². The lowest BCUT2D eigenvalue weighted by atomic mass is 10.1. The van der Waals surface area contributed by atoms with Gasteiger partial charge in [0.1, 0.15) is 5.82 Å². The Morgan fingerprint density at radius 3 is 2.74 bits per heavy atom. The van der Waals surface area contributed by atoms with E-state index in [2.05, 4.69) is 10.2 Å². The van der Waals surface area contributed by atoms with Crippen LogP contribution in [-0.4, -0.2) is 10.2 Å². The number of aromatic nitrogens is 2. The molecule has 2 nitrogen and oxygen atoms in total. The molecule has 1 heterocycles. The molecular formula is C16H11FN2. The summed E-state index contributed by atoms with van der Waals surface area (Å²) in [7, 11) is 0. The molecule has 0 atom stereocenters. The van der Waals surface area contributed by atoms with Crippen molar-refractivity contribution < 1.29 is 4.39 Å². The Morgan fingerprint density at radius 2 is 1.89 bits per heavy atom. The summed E-state index contributed by atoms with van der Waals surface area (Å²) >= 11 is 0.